The summed E-state index contributed by atoms with van der Waals surface area (Å²) in [5, 5.41) is 18.2. The van der Waals surface area contributed by atoms with Crippen molar-refractivity contribution in [2.75, 3.05) is 26.1 Å². The van der Waals surface area contributed by atoms with Gasteiger partial charge >= 0.3 is 0 Å². The lowest BCUT2D eigenvalue weighted by Crippen LogP contribution is -2.44. The summed E-state index contributed by atoms with van der Waals surface area (Å²) in [7, 11) is 3.16. The number of benzene rings is 3. The molecule has 6 rings (SSSR count). The number of ether oxygens (including phenoxy) is 4. The standard InChI is InChI=1S/C35H36N8O7/c1-20(2)31(45)40-34-39-30-27(32(46)41-34)37-19-43(30)33-29(28(44)26(49-33)18-38-42-36)50-35(21-8-6-5-7-9-21,22-10-14-24(47-3)15-11-22)23-12-16-25(48-4)17-13-23/h5-17,19-20,26,28-29,33,44H,18H2,1-4H3,(H2,39,40,41,45,46)/t26-,28-,29-,33-/m1/s1. The molecule has 0 unspecified atom stereocenters. The number of anilines is 1. The van der Waals surface area contributed by atoms with Crippen LogP contribution in [0.5, 0.6) is 11.5 Å². The topological polar surface area (TPSA) is 199 Å². The molecule has 1 amide bonds. The van der Waals surface area contributed by atoms with Crippen LogP contribution in [0.3, 0.4) is 0 Å². The zero-order valence-corrected chi connectivity index (χ0v) is 27.8. The van der Waals surface area contributed by atoms with E-state index in [-0.39, 0.29) is 35.5 Å². The number of imidazole rings is 1. The van der Waals surface area contributed by atoms with Gasteiger partial charge in [-0.05, 0) is 46.5 Å². The summed E-state index contributed by atoms with van der Waals surface area (Å²) in [6, 6.07) is 24.3. The minimum Gasteiger partial charge on any atom is -0.497 e. The number of hydrogen-bond donors (Lipinski definition) is 3. The molecule has 3 N–H and O–H groups in total. The number of carbonyl (C=O) groups is 1. The average Bonchev–Trinajstić information content (AvgIpc) is 3.70. The quantitative estimate of drug-likeness (QED) is 0.0725. The van der Waals surface area contributed by atoms with Gasteiger partial charge in [0.25, 0.3) is 5.56 Å². The van der Waals surface area contributed by atoms with E-state index < -0.39 is 35.7 Å². The second-order valence-electron chi connectivity index (χ2n) is 11.9. The molecule has 15 heteroatoms. The van der Waals surface area contributed by atoms with E-state index in [0.717, 1.165) is 5.56 Å². The highest BCUT2D eigenvalue weighted by molar-refractivity contribution is 5.91. The van der Waals surface area contributed by atoms with Crippen molar-refractivity contribution < 1.29 is 28.8 Å². The number of methoxy groups -OCH3 is 2. The molecule has 5 aromatic rings. The maximum atomic E-state index is 13.1. The zero-order chi connectivity index (χ0) is 35.4. The summed E-state index contributed by atoms with van der Waals surface area (Å²) >= 11 is 0. The number of aliphatic hydroxyl groups is 1. The number of rotatable bonds is 12. The summed E-state index contributed by atoms with van der Waals surface area (Å²) in [6.07, 6.45) is -3.32. The highest BCUT2D eigenvalue weighted by Gasteiger charge is 2.51. The number of carbonyl (C=O) groups excluding carboxylic acids is 1. The summed E-state index contributed by atoms with van der Waals surface area (Å²) < 4.78 is 26.0. The molecule has 1 aliphatic heterocycles. The Morgan fingerprint density at radius 1 is 1.04 bits per heavy atom. The smallest absolute Gasteiger partial charge is 0.280 e. The third-order valence-corrected chi connectivity index (χ3v) is 8.60. The highest BCUT2D eigenvalue weighted by Crippen LogP contribution is 2.46. The molecule has 4 atom stereocenters. The Labute approximate surface area is 286 Å². The van der Waals surface area contributed by atoms with Crippen LogP contribution in [0.4, 0.5) is 5.95 Å². The number of aliphatic hydroxyl groups excluding tert-OH is 1. The molecule has 2 aromatic heterocycles. The maximum absolute atomic E-state index is 13.1. The molecule has 0 saturated carbocycles. The van der Waals surface area contributed by atoms with Crippen LogP contribution in [0.1, 0.15) is 36.8 Å². The van der Waals surface area contributed by atoms with Crippen molar-refractivity contribution in [3.63, 3.8) is 0 Å². The Morgan fingerprint density at radius 3 is 2.20 bits per heavy atom. The molecule has 15 nitrogen and oxygen atoms in total. The normalized spacial score (nSPS) is 18.9. The third kappa shape index (κ3) is 6.37. The fraction of sp³-hybridized carbons (Fsp3) is 0.314. The van der Waals surface area contributed by atoms with Crippen molar-refractivity contribution >= 4 is 23.0 Å². The molecule has 1 saturated heterocycles. The number of hydrogen-bond acceptors (Lipinski definition) is 10. The molecule has 0 aliphatic carbocycles. The molecule has 3 aromatic carbocycles. The largest absolute Gasteiger partial charge is 0.497 e. The van der Waals surface area contributed by atoms with E-state index in [4.69, 9.17) is 24.5 Å². The van der Waals surface area contributed by atoms with Crippen molar-refractivity contribution in [3.05, 3.63) is 123 Å². The molecule has 0 spiro atoms. The Hall–Kier alpha value is -5.73. The minimum absolute atomic E-state index is 0.0255. The van der Waals surface area contributed by atoms with Crippen LogP contribution >= 0.6 is 0 Å². The second-order valence-corrected chi connectivity index (χ2v) is 11.9. The molecule has 258 valence electrons. The van der Waals surface area contributed by atoms with Crippen LogP contribution in [0.25, 0.3) is 21.6 Å². The van der Waals surface area contributed by atoms with E-state index in [2.05, 4.69) is 30.3 Å². The van der Waals surface area contributed by atoms with E-state index >= 15 is 0 Å². The SMILES string of the molecule is COc1ccc(C(O[C@@H]2[C@H](O)[C@@H](CN=[N+]=[N-])O[C@H]2n2cnc3c(=O)[nH]c(NC(=O)C(C)C)nc32)(c2ccccc2)c2ccc(OC)cc2)cc1. The van der Waals surface area contributed by atoms with Gasteiger partial charge in [0.2, 0.25) is 11.9 Å². The molecule has 0 bridgehead atoms. The van der Waals surface area contributed by atoms with Gasteiger partial charge in [-0.3, -0.25) is 24.5 Å². The van der Waals surface area contributed by atoms with Crippen LogP contribution < -0.4 is 20.3 Å². The fourth-order valence-corrected chi connectivity index (χ4v) is 6.00. The Morgan fingerprint density at radius 2 is 1.64 bits per heavy atom. The first-order valence-corrected chi connectivity index (χ1v) is 15.8. The molecule has 1 aliphatic rings. The summed E-state index contributed by atoms with van der Waals surface area (Å²) in [4.78, 5) is 39.8. The van der Waals surface area contributed by atoms with Gasteiger partial charge < -0.3 is 24.1 Å². The van der Waals surface area contributed by atoms with E-state index in [1.54, 1.807) is 28.1 Å². The van der Waals surface area contributed by atoms with Gasteiger partial charge in [0.1, 0.15) is 29.3 Å². The molecule has 0 radical (unpaired) electrons. The third-order valence-electron chi connectivity index (χ3n) is 8.60. The first-order valence-electron chi connectivity index (χ1n) is 15.8. The summed E-state index contributed by atoms with van der Waals surface area (Å²) in [5.41, 5.74) is 9.33. The van der Waals surface area contributed by atoms with Crippen molar-refractivity contribution in [2.24, 2.45) is 11.0 Å². The van der Waals surface area contributed by atoms with E-state index in [1.165, 1.54) is 10.9 Å². The number of aromatic nitrogens is 4. The zero-order valence-electron chi connectivity index (χ0n) is 27.8. The predicted octanol–water partition coefficient (Wildman–Crippen LogP) is 4.68. The second kappa shape index (κ2) is 14.4. The summed E-state index contributed by atoms with van der Waals surface area (Å²) in [6.45, 7) is 3.20. The lowest BCUT2D eigenvalue weighted by Gasteiger charge is -2.40. The fourth-order valence-electron chi connectivity index (χ4n) is 6.00. The average molecular weight is 681 g/mol. The number of nitrogens with one attached hydrogen (secondary N) is 2. The predicted molar refractivity (Wildman–Crippen MR) is 183 cm³/mol. The maximum Gasteiger partial charge on any atom is 0.280 e. The van der Waals surface area contributed by atoms with Crippen LogP contribution in [0.2, 0.25) is 0 Å². The molecule has 1 fully saturated rings. The molecule has 3 heterocycles. The van der Waals surface area contributed by atoms with Crippen molar-refractivity contribution in [3.8, 4) is 11.5 Å². The van der Waals surface area contributed by atoms with Gasteiger partial charge in [0.15, 0.2) is 17.4 Å². The van der Waals surface area contributed by atoms with Crippen LogP contribution in [-0.4, -0.2) is 69.6 Å². The lowest BCUT2D eigenvalue weighted by atomic mass is 9.79. The van der Waals surface area contributed by atoms with Gasteiger partial charge in [0, 0.05) is 10.8 Å². The monoisotopic (exact) mass is 680 g/mol. The summed E-state index contributed by atoms with van der Waals surface area (Å²) in [5.74, 6) is 0.440. The van der Waals surface area contributed by atoms with Crippen LogP contribution in [-0.2, 0) is 19.9 Å². The first kappa shape index (κ1) is 34.1. The molecule has 50 heavy (non-hydrogen) atoms. The number of aromatic amines is 1. The number of fused-ring (bicyclic) bond motifs is 1. The van der Waals surface area contributed by atoms with E-state index in [1.807, 2.05) is 78.9 Å². The highest BCUT2D eigenvalue weighted by atomic mass is 16.6. The van der Waals surface area contributed by atoms with E-state index in [9.17, 15) is 14.7 Å². The van der Waals surface area contributed by atoms with Gasteiger partial charge in [-0.1, -0.05) is 73.6 Å². The minimum atomic E-state index is -1.38. The Kier molecular flexibility index (Phi) is 9.83. The van der Waals surface area contributed by atoms with Gasteiger partial charge in [-0.2, -0.15) is 4.98 Å². The lowest BCUT2D eigenvalue weighted by molar-refractivity contribution is -0.121. The van der Waals surface area contributed by atoms with Crippen molar-refractivity contribution in [1.82, 2.24) is 19.5 Å². The molecular formula is C35H36N8O7. The van der Waals surface area contributed by atoms with Gasteiger partial charge in [-0.15, -0.1) is 0 Å². The van der Waals surface area contributed by atoms with Gasteiger partial charge in [-0.25, -0.2) is 4.98 Å². The number of nitrogens with zero attached hydrogens (tertiary/aromatic N) is 6. The number of amides is 1. The Bertz CT molecular complexity index is 2010. The van der Waals surface area contributed by atoms with E-state index in [0.29, 0.717) is 22.6 Å². The first-order chi connectivity index (χ1) is 24.2. The van der Waals surface area contributed by atoms with Crippen molar-refractivity contribution in [2.45, 2.75) is 44.0 Å². The van der Waals surface area contributed by atoms with Gasteiger partial charge in [0.05, 0.1) is 33.2 Å². The number of azide groups is 1. The Balaban J connectivity index is 1.56. The molecular weight excluding hydrogens is 644 g/mol. The van der Waals surface area contributed by atoms with Crippen LogP contribution in [0, 0.1) is 5.92 Å². The number of H-pyrrole nitrogens is 1. The van der Waals surface area contributed by atoms with Crippen LogP contribution in [0.15, 0.2) is 95.1 Å². The van der Waals surface area contributed by atoms with Crippen molar-refractivity contribution in [1.29, 1.82) is 0 Å².